The van der Waals surface area contributed by atoms with Gasteiger partial charge in [-0.05, 0) is 22.8 Å². The van der Waals surface area contributed by atoms with Gasteiger partial charge in [0.05, 0.1) is 5.69 Å². The highest BCUT2D eigenvalue weighted by molar-refractivity contribution is 5.69. The molecular formula is C24H25N3O2. The molecule has 0 saturated carbocycles. The summed E-state index contributed by atoms with van der Waals surface area (Å²) in [6.45, 7) is 0. The first-order chi connectivity index (χ1) is 14.2. The van der Waals surface area contributed by atoms with Gasteiger partial charge in [0.1, 0.15) is 5.65 Å². The Morgan fingerprint density at radius 2 is 1.48 bits per heavy atom. The second-order valence-electron chi connectivity index (χ2n) is 7.04. The maximum atomic E-state index is 6.33. The summed E-state index contributed by atoms with van der Waals surface area (Å²) in [5.41, 5.74) is 12.6. The zero-order valence-electron chi connectivity index (χ0n) is 16.7. The van der Waals surface area contributed by atoms with Crippen molar-refractivity contribution in [2.45, 2.75) is 18.8 Å². The van der Waals surface area contributed by atoms with Gasteiger partial charge < -0.3 is 19.6 Å². The smallest absolute Gasteiger partial charge is 0.158 e. The summed E-state index contributed by atoms with van der Waals surface area (Å²) in [7, 11) is 3.24. The maximum absolute atomic E-state index is 6.33. The summed E-state index contributed by atoms with van der Waals surface area (Å²) in [6.07, 6.45) is 4.33. The number of ether oxygens (including phenoxy) is 2. The van der Waals surface area contributed by atoms with Crippen molar-refractivity contribution in [1.29, 1.82) is 0 Å². The summed E-state index contributed by atoms with van der Waals surface area (Å²) < 4.78 is 12.5. The lowest BCUT2D eigenvalue weighted by molar-refractivity contribution is -0.109. The third-order valence-electron chi connectivity index (χ3n) is 5.16. The Kier molecular flexibility index (Phi) is 5.71. The van der Waals surface area contributed by atoms with Gasteiger partial charge in [0, 0.05) is 44.6 Å². The molecule has 1 atom stereocenters. The summed E-state index contributed by atoms with van der Waals surface area (Å²) in [4.78, 5) is 4.75. The molecular weight excluding hydrogens is 362 g/mol. The standard InChI is InChI=1S/C24H25N3O2/c1-28-24(29-2)14-21(25)20-12-13-23-26-22(16-27(23)15-20)19-10-8-18(9-11-19)17-6-4-3-5-7-17/h3-13,15-16,21,24H,14,25H2,1-2H3. The van der Waals surface area contributed by atoms with Crippen molar-refractivity contribution in [1.82, 2.24) is 9.38 Å². The zero-order valence-corrected chi connectivity index (χ0v) is 16.7. The Morgan fingerprint density at radius 1 is 0.828 bits per heavy atom. The molecule has 29 heavy (non-hydrogen) atoms. The lowest BCUT2D eigenvalue weighted by Gasteiger charge is -2.18. The van der Waals surface area contributed by atoms with Gasteiger partial charge in [-0.15, -0.1) is 0 Å². The number of hydrogen-bond donors (Lipinski definition) is 1. The molecule has 4 aromatic rings. The first-order valence-electron chi connectivity index (χ1n) is 9.63. The summed E-state index contributed by atoms with van der Waals surface area (Å²) >= 11 is 0. The number of rotatable bonds is 7. The fourth-order valence-electron chi connectivity index (χ4n) is 3.46. The molecule has 1 unspecified atom stereocenters. The third-order valence-corrected chi connectivity index (χ3v) is 5.16. The van der Waals surface area contributed by atoms with Crippen LogP contribution in [0.15, 0.2) is 79.1 Å². The SMILES string of the molecule is COC(CC(N)c1ccc2nc(-c3ccc(-c4ccccc4)cc3)cn2c1)OC. The number of methoxy groups -OCH3 is 2. The number of nitrogens with two attached hydrogens (primary N) is 1. The minimum Gasteiger partial charge on any atom is -0.356 e. The fraction of sp³-hybridized carbons (Fsp3) is 0.208. The predicted molar refractivity (Wildman–Crippen MR) is 115 cm³/mol. The van der Waals surface area contributed by atoms with E-state index in [9.17, 15) is 0 Å². The van der Waals surface area contributed by atoms with Gasteiger partial charge in [-0.25, -0.2) is 4.98 Å². The molecule has 2 aromatic carbocycles. The van der Waals surface area contributed by atoms with E-state index >= 15 is 0 Å². The molecule has 0 bridgehead atoms. The van der Waals surface area contributed by atoms with Crippen molar-refractivity contribution in [3.8, 4) is 22.4 Å². The largest absolute Gasteiger partial charge is 0.356 e. The normalized spacial score (nSPS) is 12.6. The van der Waals surface area contributed by atoms with Crippen molar-refractivity contribution in [2.75, 3.05) is 14.2 Å². The van der Waals surface area contributed by atoms with Crippen LogP contribution in [-0.2, 0) is 9.47 Å². The van der Waals surface area contributed by atoms with Crippen LogP contribution in [0.1, 0.15) is 18.0 Å². The van der Waals surface area contributed by atoms with Gasteiger partial charge in [-0.2, -0.15) is 0 Å². The Balaban J connectivity index is 1.57. The van der Waals surface area contributed by atoms with Crippen LogP contribution in [0.25, 0.3) is 28.0 Å². The van der Waals surface area contributed by atoms with Crippen LogP contribution < -0.4 is 5.73 Å². The topological polar surface area (TPSA) is 61.8 Å². The van der Waals surface area contributed by atoms with Gasteiger partial charge in [0.15, 0.2) is 6.29 Å². The van der Waals surface area contributed by atoms with Crippen LogP contribution in [0.4, 0.5) is 0 Å². The number of imidazole rings is 1. The van der Waals surface area contributed by atoms with Crippen molar-refractivity contribution in [3.05, 3.63) is 84.7 Å². The first-order valence-corrected chi connectivity index (χ1v) is 9.63. The second kappa shape index (κ2) is 8.57. The Bertz CT molecular complexity index is 1070. The highest BCUT2D eigenvalue weighted by Crippen LogP contribution is 2.25. The van der Waals surface area contributed by atoms with Crippen molar-refractivity contribution < 1.29 is 9.47 Å². The molecule has 5 heteroatoms. The van der Waals surface area contributed by atoms with Crippen molar-refractivity contribution in [3.63, 3.8) is 0 Å². The molecule has 2 N–H and O–H groups in total. The molecule has 5 nitrogen and oxygen atoms in total. The van der Waals surface area contributed by atoms with E-state index in [2.05, 4.69) is 48.5 Å². The average Bonchev–Trinajstić information content (AvgIpc) is 3.21. The van der Waals surface area contributed by atoms with Gasteiger partial charge >= 0.3 is 0 Å². The molecule has 2 heterocycles. The molecule has 0 spiro atoms. The van der Waals surface area contributed by atoms with Gasteiger partial charge in [-0.3, -0.25) is 0 Å². The average molecular weight is 387 g/mol. The van der Waals surface area contributed by atoms with Crippen molar-refractivity contribution >= 4 is 5.65 Å². The lowest BCUT2D eigenvalue weighted by Crippen LogP contribution is -2.22. The predicted octanol–water partition coefficient (Wildman–Crippen LogP) is 4.68. The molecule has 0 radical (unpaired) electrons. The Morgan fingerprint density at radius 3 is 2.17 bits per heavy atom. The minimum atomic E-state index is -0.317. The van der Waals surface area contributed by atoms with E-state index in [1.54, 1.807) is 14.2 Å². The van der Waals surface area contributed by atoms with E-state index in [-0.39, 0.29) is 12.3 Å². The Labute approximate surface area is 170 Å². The zero-order chi connectivity index (χ0) is 20.2. The quantitative estimate of drug-likeness (QED) is 0.468. The monoisotopic (exact) mass is 387 g/mol. The number of nitrogens with zero attached hydrogens (tertiary/aromatic N) is 2. The lowest BCUT2D eigenvalue weighted by atomic mass is 10.0. The molecule has 0 aliphatic carbocycles. The Hall–Kier alpha value is -2.99. The van der Waals surface area contributed by atoms with E-state index < -0.39 is 0 Å². The van der Waals surface area contributed by atoms with E-state index in [1.807, 2.05) is 35.0 Å². The van der Waals surface area contributed by atoms with E-state index in [1.165, 1.54) is 11.1 Å². The van der Waals surface area contributed by atoms with Crippen molar-refractivity contribution in [2.24, 2.45) is 5.73 Å². The molecule has 0 aliphatic rings. The molecule has 4 rings (SSSR count). The highest BCUT2D eigenvalue weighted by atomic mass is 16.7. The number of fused-ring (bicyclic) bond motifs is 1. The number of hydrogen-bond acceptors (Lipinski definition) is 4. The van der Waals surface area contributed by atoms with Gasteiger partial charge in [0.2, 0.25) is 0 Å². The van der Waals surface area contributed by atoms with Crippen LogP contribution in [0.3, 0.4) is 0 Å². The molecule has 0 fully saturated rings. The minimum absolute atomic E-state index is 0.180. The second-order valence-corrected chi connectivity index (χ2v) is 7.04. The molecule has 0 amide bonds. The van der Waals surface area contributed by atoms with Crippen LogP contribution >= 0.6 is 0 Å². The van der Waals surface area contributed by atoms with Crippen LogP contribution in [0, 0.1) is 0 Å². The number of pyridine rings is 1. The van der Waals surface area contributed by atoms with E-state index in [0.717, 1.165) is 22.5 Å². The molecule has 0 aliphatic heterocycles. The number of benzene rings is 2. The first kappa shape index (κ1) is 19.3. The summed E-state index contributed by atoms with van der Waals surface area (Å²) in [5.74, 6) is 0. The van der Waals surface area contributed by atoms with Gasteiger partial charge in [-0.1, -0.05) is 60.7 Å². The highest BCUT2D eigenvalue weighted by Gasteiger charge is 2.15. The third kappa shape index (κ3) is 4.22. The van der Waals surface area contributed by atoms with Gasteiger partial charge in [0.25, 0.3) is 0 Å². The fourth-order valence-corrected chi connectivity index (χ4v) is 3.46. The summed E-state index contributed by atoms with van der Waals surface area (Å²) in [6, 6.07) is 22.7. The molecule has 148 valence electrons. The summed E-state index contributed by atoms with van der Waals surface area (Å²) in [5, 5.41) is 0. The molecule has 2 aromatic heterocycles. The van der Waals surface area contributed by atoms with Crippen LogP contribution in [-0.4, -0.2) is 29.9 Å². The van der Waals surface area contributed by atoms with E-state index in [0.29, 0.717) is 6.42 Å². The van der Waals surface area contributed by atoms with Crippen LogP contribution in [0.5, 0.6) is 0 Å². The van der Waals surface area contributed by atoms with E-state index in [4.69, 9.17) is 20.2 Å². The van der Waals surface area contributed by atoms with Crippen LogP contribution in [0.2, 0.25) is 0 Å². The molecule has 0 saturated heterocycles. The number of aromatic nitrogens is 2. The maximum Gasteiger partial charge on any atom is 0.158 e.